The van der Waals surface area contributed by atoms with Gasteiger partial charge in [-0.2, -0.15) is 0 Å². The van der Waals surface area contributed by atoms with Crippen molar-refractivity contribution >= 4 is 21.6 Å². The van der Waals surface area contributed by atoms with Crippen LogP contribution in [0.5, 0.6) is 5.75 Å². The monoisotopic (exact) mass is 422 g/mol. The number of allylic oxidation sites excluding steroid dienone is 2. The maximum atomic E-state index is 12.8. The second-order valence-corrected chi connectivity index (χ2v) is 13.7. The van der Waals surface area contributed by atoms with Crippen LogP contribution in [0.4, 0.5) is 0 Å². The Morgan fingerprint density at radius 3 is 2.60 bits per heavy atom. The summed E-state index contributed by atoms with van der Waals surface area (Å²) in [6.07, 6.45) is 11.2. The summed E-state index contributed by atoms with van der Waals surface area (Å²) in [5.74, 6) is 2.41. The molecule has 158 valence electrons. The minimum atomic E-state index is -0.641. The number of rotatable bonds is 8. The van der Waals surface area contributed by atoms with Gasteiger partial charge < -0.3 is 9.47 Å². The molecule has 30 heavy (non-hydrogen) atoms. The minimum absolute atomic E-state index is 0.00275. The van der Waals surface area contributed by atoms with Crippen molar-refractivity contribution in [2.24, 2.45) is 17.8 Å². The maximum absolute atomic E-state index is 12.8. The van der Waals surface area contributed by atoms with Gasteiger partial charge >= 0.3 is 5.97 Å². The Morgan fingerprint density at radius 2 is 1.90 bits per heavy atom. The van der Waals surface area contributed by atoms with E-state index in [-0.39, 0.29) is 17.8 Å². The third kappa shape index (κ3) is 4.84. The normalized spacial score (nSPS) is 22.9. The van der Waals surface area contributed by atoms with Gasteiger partial charge in [0.2, 0.25) is 0 Å². The van der Waals surface area contributed by atoms with Crippen LogP contribution < -0.4 is 4.74 Å². The molecule has 2 aliphatic carbocycles. The van der Waals surface area contributed by atoms with Gasteiger partial charge in [-0.1, -0.05) is 30.3 Å². The van der Waals surface area contributed by atoms with Gasteiger partial charge in [0.1, 0.15) is 12.4 Å². The predicted octanol–water partition coefficient (Wildman–Crippen LogP) is 5.14. The second kappa shape index (κ2) is 8.78. The molecule has 0 saturated heterocycles. The molecule has 2 aromatic carbocycles. The Bertz CT molecular complexity index is 896. The van der Waals surface area contributed by atoms with Gasteiger partial charge in [0.15, 0.2) is 0 Å². The fourth-order valence-corrected chi connectivity index (χ4v) is 5.02. The summed E-state index contributed by atoms with van der Waals surface area (Å²) in [6, 6.07) is 19.8. The maximum Gasteiger partial charge on any atom is 0.310 e. The molecule has 1 saturated carbocycles. The smallest absolute Gasteiger partial charge is 0.310 e. The van der Waals surface area contributed by atoms with Crippen molar-refractivity contribution in [2.45, 2.75) is 19.4 Å². The van der Waals surface area contributed by atoms with Crippen LogP contribution in [0.3, 0.4) is 0 Å². The second-order valence-electron chi connectivity index (χ2n) is 9.11. The Balaban J connectivity index is 1.36. The first-order valence-corrected chi connectivity index (χ1v) is 13.6. The summed E-state index contributed by atoms with van der Waals surface area (Å²) in [4.78, 5) is 12.8. The lowest BCUT2D eigenvalue weighted by atomic mass is 9.89. The molecule has 0 aromatic heterocycles. The van der Waals surface area contributed by atoms with Crippen LogP contribution >= 0.6 is 10.0 Å². The highest BCUT2D eigenvalue weighted by Gasteiger charge is 2.47. The number of benzene rings is 1. The number of hydrogen-bond acceptors (Lipinski definition) is 3. The van der Waals surface area contributed by atoms with Gasteiger partial charge in [0.05, 0.1) is 12.5 Å². The van der Waals surface area contributed by atoms with Crippen LogP contribution in [0, 0.1) is 29.9 Å². The van der Waals surface area contributed by atoms with Gasteiger partial charge in [-0.3, -0.25) is 4.79 Å². The Labute approximate surface area is 181 Å². The van der Waals surface area contributed by atoms with Crippen molar-refractivity contribution in [3.05, 3.63) is 71.8 Å². The van der Waals surface area contributed by atoms with E-state index in [0.717, 1.165) is 29.9 Å². The lowest BCUT2D eigenvalue weighted by molar-refractivity contribution is -0.149. The summed E-state index contributed by atoms with van der Waals surface area (Å²) < 4.78 is 11.6. The van der Waals surface area contributed by atoms with Crippen LogP contribution in [0.25, 0.3) is 5.57 Å². The third-order valence-corrected chi connectivity index (χ3v) is 7.42. The molecule has 1 fully saturated rings. The molecule has 0 aliphatic heterocycles. The number of carbonyl (C=O) groups is 1. The Kier molecular flexibility index (Phi) is 6.11. The molecule has 2 aliphatic rings. The minimum Gasteiger partial charge on any atom is -0.489 e. The van der Waals surface area contributed by atoms with Gasteiger partial charge in [-0.15, -0.1) is 0 Å². The highest BCUT2D eigenvalue weighted by Crippen LogP contribution is 2.52. The molecule has 0 N–H and O–H groups in total. The van der Waals surface area contributed by atoms with Crippen LogP contribution in [0.15, 0.2) is 48.5 Å². The molecule has 0 spiro atoms. The van der Waals surface area contributed by atoms with Crippen LogP contribution in [-0.4, -0.2) is 37.1 Å². The molecule has 0 amide bonds. The molecule has 4 heteroatoms. The number of hydrogen-bond donors (Lipinski definition) is 0. The van der Waals surface area contributed by atoms with Gasteiger partial charge in [0, 0.05) is 5.75 Å². The molecule has 3 atom stereocenters. The molecular weight excluding hydrogens is 392 g/mol. The van der Waals surface area contributed by atoms with Crippen molar-refractivity contribution in [1.29, 1.82) is 0 Å². The first-order chi connectivity index (χ1) is 14.4. The lowest BCUT2D eigenvalue weighted by Gasteiger charge is -2.25. The average molecular weight is 423 g/mol. The van der Waals surface area contributed by atoms with E-state index >= 15 is 0 Å². The first kappa shape index (κ1) is 20.9. The molecule has 2 bridgehead atoms. The van der Waals surface area contributed by atoms with E-state index in [1.165, 1.54) is 11.1 Å². The van der Waals surface area contributed by atoms with Crippen molar-refractivity contribution in [3.63, 3.8) is 0 Å². The molecule has 3 unspecified atom stereocenters. The fourth-order valence-electron chi connectivity index (χ4n) is 4.44. The summed E-state index contributed by atoms with van der Waals surface area (Å²) in [6.45, 7) is 1.06. The van der Waals surface area contributed by atoms with Gasteiger partial charge in [-0.05, 0) is 90.5 Å². The summed E-state index contributed by atoms with van der Waals surface area (Å²) in [7, 11) is -0.641. The Morgan fingerprint density at radius 1 is 1.10 bits per heavy atom. The van der Waals surface area contributed by atoms with E-state index in [4.69, 9.17) is 9.47 Å². The number of carbonyl (C=O) groups excluding carboxylic acids is 1. The van der Waals surface area contributed by atoms with Crippen molar-refractivity contribution in [2.75, 3.05) is 31.1 Å². The molecule has 4 rings (SSSR count). The van der Waals surface area contributed by atoms with E-state index in [0.29, 0.717) is 19.1 Å². The molecule has 2 aromatic rings. The number of esters is 1. The Hall–Kier alpha value is -2.38. The molecule has 0 heterocycles. The van der Waals surface area contributed by atoms with Crippen molar-refractivity contribution in [3.8, 4) is 5.75 Å². The quantitative estimate of drug-likeness (QED) is 0.553. The average Bonchev–Trinajstić information content (AvgIpc) is 3.31. The van der Waals surface area contributed by atoms with E-state index < -0.39 is 10.0 Å². The molecular formula is C26H30O3S. The molecule has 3 nitrogen and oxygen atoms in total. The summed E-state index contributed by atoms with van der Waals surface area (Å²) >= 11 is 0. The van der Waals surface area contributed by atoms with Gasteiger partial charge in [0.25, 0.3) is 0 Å². The van der Waals surface area contributed by atoms with E-state index in [1.54, 1.807) is 0 Å². The highest BCUT2D eigenvalue weighted by molar-refractivity contribution is 8.32. The third-order valence-electron chi connectivity index (χ3n) is 6.03. The van der Waals surface area contributed by atoms with E-state index in [1.807, 2.05) is 30.3 Å². The first-order valence-electron chi connectivity index (χ1n) is 10.5. The zero-order chi connectivity index (χ0) is 21.1. The topological polar surface area (TPSA) is 35.5 Å². The molecule has 0 radical (unpaired) electrons. The largest absolute Gasteiger partial charge is 0.489 e. The summed E-state index contributed by atoms with van der Waals surface area (Å²) in [5, 5.41) is 0. The fraction of sp³-hybridized carbons (Fsp3) is 0.423. The van der Waals surface area contributed by atoms with Crippen LogP contribution in [-0.2, 0) is 16.1 Å². The van der Waals surface area contributed by atoms with Crippen molar-refractivity contribution in [1.82, 2.24) is 0 Å². The van der Waals surface area contributed by atoms with Crippen LogP contribution in [0.1, 0.15) is 24.0 Å². The summed E-state index contributed by atoms with van der Waals surface area (Å²) in [5.41, 5.74) is 3.56. The zero-order valence-corrected chi connectivity index (χ0v) is 18.8. The lowest BCUT2D eigenvalue weighted by Crippen LogP contribution is -2.24. The predicted molar refractivity (Wildman–Crippen MR) is 124 cm³/mol. The van der Waals surface area contributed by atoms with E-state index in [9.17, 15) is 4.79 Å². The van der Waals surface area contributed by atoms with Crippen molar-refractivity contribution < 1.29 is 14.3 Å². The number of fused-ring (bicyclic) bond motifs is 2. The van der Waals surface area contributed by atoms with Gasteiger partial charge in [-0.25, -0.2) is 10.0 Å². The van der Waals surface area contributed by atoms with Crippen LogP contribution in [0.2, 0.25) is 0 Å². The number of ether oxygens (including phenoxy) is 2. The standard InChI is InChI=1S/C26H30O3S/c1-30(2,3)16-15-28-26(27)25-21-11-14-23(25)24(17-21)20-9-12-22(13-10-20)29-18-19-7-5-4-6-8-19/h5,7-10,12-13,17,21,23,25H,11,14-16,18H2,1-3H3. The zero-order valence-electron chi connectivity index (χ0n) is 18.0. The van der Waals surface area contributed by atoms with E-state index in [2.05, 4.69) is 49.1 Å². The highest BCUT2D eigenvalue weighted by atomic mass is 32.3. The SMILES string of the molecule is CS(C)(C)CCOC(=O)C1C2C=C(c3ccc(OCc4cc#ccc4)cc3)C1CC2.